The number of nitrogens with one attached hydrogen (secondary N) is 3. The van der Waals surface area contributed by atoms with E-state index < -0.39 is 12.5 Å². The molecular weight excluding hydrogens is 494 g/mol. The van der Waals surface area contributed by atoms with Gasteiger partial charge in [-0.15, -0.1) is 11.8 Å². The number of hydrogen-bond acceptors (Lipinski definition) is 8. The number of rotatable bonds is 8. The highest BCUT2D eigenvalue weighted by molar-refractivity contribution is 8.00. The first-order valence-corrected chi connectivity index (χ1v) is 11.8. The van der Waals surface area contributed by atoms with E-state index in [4.69, 9.17) is 4.74 Å². The zero-order valence-corrected chi connectivity index (χ0v) is 19.7. The Labute approximate surface area is 207 Å². The van der Waals surface area contributed by atoms with Crippen LogP contribution in [0, 0.1) is 0 Å². The van der Waals surface area contributed by atoms with Gasteiger partial charge in [-0.2, -0.15) is 19.0 Å². The number of aromatic nitrogens is 5. The van der Waals surface area contributed by atoms with E-state index in [1.165, 1.54) is 28.5 Å². The highest BCUT2D eigenvalue weighted by Gasteiger charge is 2.25. The molecule has 0 bridgehead atoms. The predicted octanol–water partition coefficient (Wildman–Crippen LogP) is 2.71. The van der Waals surface area contributed by atoms with E-state index in [0.717, 1.165) is 0 Å². The third-order valence-electron chi connectivity index (χ3n) is 5.31. The van der Waals surface area contributed by atoms with Crippen molar-refractivity contribution in [3.05, 3.63) is 48.5 Å². The number of carbonyl (C=O) groups is 2. The highest BCUT2D eigenvalue weighted by atomic mass is 32.2. The van der Waals surface area contributed by atoms with E-state index in [1.807, 2.05) is 0 Å². The Bertz CT molecular complexity index is 1450. The molecule has 2 amide bonds. The topological polar surface area (TPSA) is 127 Å². The summed E-state index contributed by atoms with van der Waals surface area (Å²) < 4.78 is 34.5. The largest absolute Gasteiger partial charge is 0.434 e. The van der Waals surface area contributed by atoms with E-state index in [-0.39, 0.29) is 39.9 Å². The fourth-order valence-electron chi connectivity index (χ4n) is 3.71. The quantitative estimate of drug-likeness (QED) is 0.328. The Morgan fingerprint density at radius 3 is 3.03 bits per heavy atom. The molecule has 0 spiro atoms. The number of nitrogens with zero attached hydrogens (tertiary/aromatic N) is 5. The van der Waals surface area contributed by atoms with Gasteiger partial charge in [0.25, 0.3) is 5.91 Å². The third-order valence-corrected chi connectivity index (χ3v) is 6.37. The first-order chi connectivity index (χ1) is 17.4. The normalized spacial score (nSPS) is 13.1. The average Bonchev–Trinajstić information content (AvgIpc) is 3.46. The van der Waals surface area contributed by atoms with Crippen LogP contribution < -0.4 is 20.7 Å². The van der Waals surface area contributed by atoms with Gasteiger partial charge in [0.15, 0.2) is 5.65 Å². The van der Waals surface area contributed by atoms with Crippen LogP contribution in [0.15, 0.2) is 47.9 Å². The molecular formula is C22H20F2N8O3S. The van der Waals surface area contributed by atoms with E-state index in [1.54, 1.807) is 42.5 Å². The number of benzene rings is 1. The number of hydrogen-bond donors (Lipinski definition) is 3. The number of likely N-dealkylation sites (N-methyl/N-ethyl adjacent to an activating group) is 1. The monoisotopic (exact) mass is 514 g/mol. The lowest BCUT2D eigenvalue weighted by Gasteiger charge is -2.20. The number of carbonyl (C=O) groups excluding carboxylic acids is 2. The van der Waals surface area contributed by atoms with Gasteiger partial charge in [0.05, 0.1) is 29.9 Å². The molecule has 0 saturated carbocycles. The van der Waals surface area contributed by atoms with Gasteiger partial charge in [-0.1, -0.05) is 0 Å². The van der Waals surface area contributed by atoms with Crippen molar-refractivity contribution >= 4 is 40.6 Å². The molecule has 0 fully saturated rings. The molecule has 186 valence electrons. The molecule has 36 heavy (non-hydrogen) atoms. The van der Waals surface area contributed by atoms with E-state index in [0.29, 0.717) is 29.3 Å². The Kier molecular flexibility index (Phi) is 6.52. The lowest BCUT2D eigenvalue weighted by Crippen LogP contribution is -2.19. The van der Waals surface area contributed by atoms with Crippen LogP contribution in [0.5, 0.6) is 5.75 Å². The third kappa shape index (κ3) is 4.72. The van der Waals surface area contributed by atoms with Gasteiger partial charge in [-0.25, -0.2) is 9.50 Å². The van der Waals surface area contributed by atoms with Crippen molar-refractivity contribution in [2.45, 2.75) is 18.1 Å². The maximum atomic E-state index is 13.3. The second-order valence-corrected chi connectivity index (χ2v) is 8.74. The van der Waals surface area contributed by atoms with Crippen molar-refractivity contribution in [3.8, 4) is 17.0 Å². The number of anilines is 2. The van der Waals surface area contributed by atoms with Crippen molar-refractivity contribution in [1.29, 1.82) is 0 Å². The fourth-order valence-corrected chi connectivity index (χ4v) is 4.54. The maximum absolute atomic E-state index is 13.3. The minimum absolute atomic E-state index is 0.182. The second-order valence-electron chi connectivity index (χ2n) is 7.72. The summed E-state index contributed by atoms with van der Waals surface area (Å²) in [5.74, 6) is -0.731. The van der Waals surface area contributed by atoms with Crippen LogP contribution in [-0.2, 0) is 11.3 Å². The minimum Gasteiger partial charge on any atom is -0.434 e. The summed E-state index contributed by atoms with van der Waals surface area (Å²) in [5.41, 5.74) is 1.73. The summed E-state index contributed by atoms with van der Waals surface area (Å²) in [6.45, 7) is -2.07. The Morgan fingerprint density at radius 2 is 2.22 bits per heavy atom. The van der Waals surface area contributed by atoms with Gasteiger partial charge < -0.3 is 20.7 Å². The van der Waals surface area contributed by atoms with Crippen LogP contribution in [-0.4, -0.2) is 62.1 Å². The molecule has 0 aliphatic carbocycles. The Balaban J connectivity index is 1.58. The molecule has 11 nitrogen and oxygen atoms in total. The van der Waals surface area contributed by atoms with Crippen LogP contribution in [0.25, 0.3) is 16.9 Å². The molecule has 14 heteroatoms. The lowest BCUT2D eigenvalue weighted by atomic mass is 10.1. The van der Waals surface area contributed by atoms with Gasteiger partial charge in [-0.05, 0) is 19.2 Å². The van der Waals surface area contributed by atoms with Crippen molar-refractivity contribution in [3.63, 3.8) is 0 Å². The molecule has 4 heterocycles. The van der Waals surface area contributed by atoms with Gasteiger partial charge in [0.2, 0.25) is 5.91 Å². The predicted molar refractivity (Wildman–Crippen MR) is 129 cm³/mol. The fraction of sp³-hybridized carbons (Fsp3) is 0.227. The molecule has 3 aromatic heterocycles. The number of fused-ring (bicyclic) bond motifs is 2. The van der Waals surface area contributed by atoms with Crippen LogP contribution in [0.4, 0.5) is 20.2 Å². The number of ether oxygens (including phenoxy) is 1. The SMILES string of the molecule is CNCCn1cc(NC(=O)c2cnn3cccnc23)c(-c2cc3c(cc2OC(F)F)NC(=O)CS3)n1. The standard InChI is InChI=1S/C22H20F2N8O3S/c1-25-4-6-31-10-15(29-21(34)13-9-27-32-5-2-3-26-20(13)32)19(30-31)12-7-17-14(28-18(33)11-36-17)8-16(12)35-22(23)24/h2-3,5,7-10,22,25H,4,6,11H2,1H3,(H,28,33)(H,29,34). The van der Waals surface area contributed by atoms with Crippen LogP contribution in [0.3, 0.4) is 0 Å². The summed E-state index contributed by atoms with van der Waals surface area (Å²) >= 11 is 1.27. The molecule has 1 aliphatic rings. The lowest BCUT2D eigenvalue weighted by molar-refractivity contribution is -0.113. The first kappa shape index (κ1) is 23.7. The summed E-state index contributed by atoms with van der Waals surface area (Å²) in [5, 5.41) is 17.2. The summed E-state index contributed by atoms with van der Waals surface area (Å²) in [7, 11) is 1.79. The smallest absolute Gasteiger partial charge is 0.387 e. The van der Waals surface area contributed by atoms with Crippen LogP contribution in [0.1, 0.15) is 10.4 Å². The van der Waals surface area contributed by atoms with Crippen LogP contribution >= 0.6 is 11.8 Å². The minimum atomic E-state index is -3.11. The zero-order valence-electron chi connectivity index (χ0n) is 18.9. The van der Waals surface area contributed by atoms with Crippen molar-refractivity contribution in [1.82, 2.24) is 29.7 Å². The molecule has 3 N–H and O–H groups in total. The number of halogens is 2. The summed E-state index contributed by atoms with van der Waals surface area (Å²) in [6.07, 6.45) is 6.22. The highest BCUT2D eigenvalue weighted by Crippen LogP contribution is 2.43. The van der Waals surface area contributed by atoms with E-state index in [9.17, 15) is 18.4 Å². The number of thioether (sulfide) groups is 1. The van der Waals surface area contributed by atoms with Gasteiger partial charge in [0.1, 0.15) is 17.0 Å². The van der Waals surface area contributed by atoms with Gasteiger partial charge in [-0.3, -0.25) is 14.3 Å². The zero-order chi connectivity index (χ0) is 25.2. The number of amides is 2. The van der Waals surface area contributed by atoms with E-state index in [2.05, 4.69) is 31.1 Å². The molecule has 0 saturated heterocycles. The Hall–Kier alpha value is -4.04. The van der Waals surface area contributed by atoms with Crippen LogP contribution in [0.2, 0.25) is 0 Å². The van der Waals surface area contributed by atoms with Crippen molar-refractivity contribution < 1.29 is 23.1 Å². The van der Waals surface area contributed by atoms with Gasteiger partial charge in [0, 0.05) is 41.7 Å². The van der Waals surface area contributed by atoms with E-state index >= 15 is 0 Å². The average molecular weight is 515 g/mol. The Morgan fingerprint density at radius 1 is 1.36 bits per heavy atom. The summed E-state index contributed by atoms with van der Waals surface area (Å²) in [6, 6.07) is 4.65. The molecule has 4 aromatic rings. The number of alkyl halides is 2. The molecule has 0 atom stereocenters. The second kappa shape index (κ2) is 9.91. The maximum Gasteiger partial charge on any atom is 0.387 e. The molecule has 5 rings (SSSR count). The molecule has 1 aliphatic heterocycles. The first-order valence-electron chi connectivity index (χ1n) is 10.8. The molecule has 1 aromatic carbocycles. The molecule has 0 unspecified atom stereocenters. The van der Waals surface area contributed by atoms with Crippen molar-refractivity contribution in [2.75, 3.05) is 30.0 Å². The van der Waals surface area contributed by atoms with Gasteiger partial charge >= 0.3 is 6.61 Å². The summed E-state index contributed by atoms with van der Waals surface area (Å²) in [4.78, 5) is 29.8. The van der Waals surface area contributed by atoms with Crippen molar-refractivity contribution in [2.24, 2.45) is 0 Å². The molecule has 0 radical (unpaired) electrons.